The largest absolute Gasteiger partial charge is 0.496 e. The zero-order valence-electron chi connectivity index (χ0n) is 12.8. The van der Waals surface area contributed by atoms with E-state index in [0.717, 1.165) is 31.9 Å². The molecule has 0 saturated carbocycles. The molecule has 0 spiro atoms. The van der Waals surface area contributed by atoms with Crippen LogP contribution in [0.1, 0.15) is 30.5 Å². The molecule has 3 nitrogen and oxygen atoms in total. The second-order valence-corrected chi connectivity index (χ2v) is 5.93. The fourth-order valence-electron chi connectivity index (χ4n) is 2.83. The number of hydrogen-bond donors (Lipinski definition) is 1. The number of methoxy groups -OCH3 is 1. The molecule has 1 aliphatic rings. The lowest BCUT2D eigenvalue weighted by atomic mass is 9.88. The molecule has 0 amide bonds. The molecule has 0 bridgehead atoms. The van der Waals surface area contributed by atoms with E-state index in [1.807, 2.05) is 0 Å². The SMILES string of the molecule is COc1cc(C)c(C)cc1C(C)(C)N1CCNCC1. The molecule has 1 saturated heterocycles. The maximum atomic E-state index is 5.62. The maximum absolute atomic E-state index is 5.62. The fourth-order valence-corrected chi connectivity index (χ4v) is 2.83. The van der Waals surface area contributed by atoms with Crippen LogP contribution in [0, 0.1) is 13.8 Å². The van der Waals surface area contributed by atoms with Crippen LogP contribution in [0.5, 0.6) is 5.75 Å². The molecule has 3 heteroatoms. The predicted octanol–water partition coefficient (Wildman–Crippen LogP) is 2.45. The van der Waals surface area contributed by atoms with E-state index in [-0.39, 0.29) is 5.54 Å². The third-order valence-electron chi connectivity index (χ3n) is 4.38. The van der Waals surface area contributed by atoms with E-state index < -0.39 is 0 Å². The molecule has 0 aliphatic carbocycles. The summed E-state index contributed by atoms with van der Waals surface area (Å²) in [6, 6.07) is 4.45. The summed E-state index contributed by atoms with van der Waals surface area (Å²) in [7, 11) is 1.77. The molecule has 1 fully saturated rings. The van der Waals surface area contributed by atoms with Crippen LogP contribution in [-0.2, 0) is 5.54 Å². The van der Waals surface area contributed by atoms with Crippen LogP contribution in [-0.4, -0.2) is 38.2 Å². The molecule has 106 valence electrons. The average molecular weight is 262 g/mol. The Morgan fingerprint density at radius 3 is 2.26 bits per heavy atom. The molecule has 19 heavy (non-hydrogen) atoms. The van der Waals surface area contributed by atoms with Crippen molar-refractivity contribution in [1.82, 2.24) is 10.2 Å². The summed E-state index contributed by atoms with van der Waals surface area (Å²) >= 11 is 0. The van der Waals surface area contributed by atoms with E-state index in [1.165, 1.54) is 16.7 Å². The molecule has 1 heterocycles. The monoisotopic (exact) mass is 262 g/mol. The highest BCUT2D eigenvalue weighted by atomic mass is 16.5. The Morgan fingerprint density at radius 2 is 1.68 bits per heavy atom. The van der Waals surface area contributed by atoms with Gasteiger partial charge >= 0.3 is 0 Å². The number of aryl methyl sites for hydroxylation is 2. The van der Waals surface area contributed by atoms with Gasteiger partial charge in [0, 0.05) is 37.3 Å². The third-order valence-corrected chi connectivity index (χ3v) is 4.38. The minimum atomic E-state index is 0.00586. The number of hydrogen-bond acceptors (Lipinski definition) is 3. The number of ether oxygens (including phenoxy) is 1. The van der Waals surface area contributed by atoms with Gasteiger partial charge in [0.1, 0.15) is 5.75 Å². The Bertz CT molecular complexity index is 448. The molecule has 1 N–H and O–H groups in total. The third kappa shape index (κ3) is 2.77. The summed E-state index contributed by atoms with van der Waals surface area (Å²) in [5.74, 6) is 1.01. The Hall–Kier alpha value is -1.06. The standard InChI is InChI=1S/C16H26N2O/c1-12-10-14(15(19-5)11-13(12)2)16(3,4)18-8-6-17-7-9-18/h10-11,17H,6-9H2,1-5H3. The first-order valence-electron chi connectivity index (χ1n) is 7.08. The zero-order valence-corrected chi connectivity index (χ0v) is 12.8. The number of rotatable bonds is 3. The first-order chi connectivity index (χ1) is 8.96. The topological polar surface area (TPSA) is 24.5 Å². The van der Waals surface area contributed by atoms with Crippen LogP contribution in [0.3, 0.4) is 0 Å². The van der Waals surface area contributed by atoms with Gasteiger partial charge in [-0.05, 0) is 44.9 Å². The Balaban J connectivity index is 2.40. The molecule has 1 aromatic carbocycles. The lowest BCUT2D eigenvalue weighted by molar-refractivity contribution is 0.0999. The van der Waals surface area contributed by atoms with E-state index in [9.17, 15) is 0 Å². The van der Waals surface area contributed by atoms with Crippen molar-refractivity contribution in [2.75, 3.05) is 33.3 Å². The average Bonchev–Trinajstić information content (AvgIpc) is 2.42. The van der Waals surface area contributed by atoms with Gasteiger partial charge < -0.3 is 10.1 Å². The number of nitrogens with one attached hydrogen (secondary N) is 1. The second-order valence-electron chi connectivity index (χ2n) is 5.93. The highest BCUT2D eigenvalue weighted by Gasteiger charge is 2.32. The molecule has 0 radical (unpaired) electrons. The molecular weight excluding hydrogens is 236 g/mol. The Labute approximate surface area is 116 Å². The Morgan fingerprint density at radius 1 is 1.11 bits per heavy atom. The number of benzene rings is 1. The number of nitrogens with zero attached hydrogens (tertiary/aromatic N) is 1. The molecule has 2 rings (SSSR count). The van der Waals surface area contributed by atoms with Gasteiger partial charge in [0.2, 0.25) is 0 Å². The van der Waals surface area contributed by atoms with Crippen LogP contribution < -0.4 is 10.1 Å². The van der Waals surface area contributed by atoms with Crippen molar-refractivity contribution in [3.05, 3.63) is 28.8 Å². The van der Waals surface area contributed by atoms with Crippen LogP contribution in [0.15, 0.2) is 12.1 Å². The van der Waals surface area contributed by atoms with Crippen LogP contribution >= 0.6 is 0 Å². The quantitative estimate of drug-likeness (QED) is 0.905. The van der Waals surface area contributed by atoms with E-state index >= 15 is 0 Å². The van der Waals surface area contributed by atoms with E-state index in [0.29, 0.717) is 0 Å². The summed E-state index contributed by atoms with van der Waals surface area (Å²) in [5.41, 5.74) is 3.92. The summed E-state index contributed by atoms with van der Waals surface area (Å²) in [6.45, 7) is 13.2. The van der Waals surface area contributed by atoms with Crippen molar-refractivity contribution < 1.29 is 4.74 Å². The van der Waals surface area contributed by atoms with Crippen molar-refractivity contribution in [3.8, 4) is 5.75 Å². The predicted molar refractivity (Wildman–Crippen MR) is 79.9 cm³/mol. The maximum Gasteiger partial charge on any atom is 0.124 e. The number of piperazine rings is 1. The second kappa shape index (κ2) is 5.51. The van der Waals surface area contributed by atoms with Gasteiger partial charge in [-0.3, -0.25) is 4.90 Å². The highest BCUT2D eigenvalue weighted by molar-refractivity contribution is 5.45. The lowest BCUT2D eigenvalue weighted by Gasteiger charge is -2.42. The Kier molecular flexibility index (Phi) is 4.16. The smallest absolute Gasteiger partial charge is 0.124 e. The van der Waals surface area contributed by atoms with Gasteiger partial charge in [-0.2, -0.15) is 0 Å². The van der Waals surface area contributed by atoms with Crippen LogP contribution in [0.25, 0.3) is 0 Å². The summed E-state index contributed by atoms with van der Waals surface area (Å²) < 4.78 is 5.62. The summed E-state index contributed by atoms with van der Waals surface area (Å²) in [6.07, 6.45) is 0. The molecule has 0 unspecified atom stereocenters. The molecule has 0 aromatic heterocycles. The van der Waals surface area contributed by atoms with Gasteiger partial charge in [-0.1, -0.05) is 6.07 Å². The fraction of sp³-hybridized carbons (Fsp3) is 0.625. The van der Waals surface area contributed by atoms with E-state index in [4.69, 9.17) is 4.74 Å². The lowest BCUT2D eigenvalue weighted by Crippen LogP contribution is -2.51. The first-order valence-corrected chi connectivity index (χ1v) is 7.08. The molecule has 1 aliphatic heterocycles. The highest BCUT2D eigenvalue weighted by Crippen LogP contribution is 2.36. The van der Waals surface area contributed by atoms with E-state index in [1.54, 1.807) is 7.11 Å². The molecular formula is C16H26N2O. The summed E-state index contributed by atoms with van der Waals surface area (Å²) in [5, 5.41) is 3.41. The van der Waals surface area contributed by atoms with Gasteiger partial charge in [0.25, 0.3) is 0 Å². The normalized spacial score (nSPS) is 17.5. The van der Waals surface area contributed by atoms with Crippen molar-refractivity contribution in [2.24, 2.45) is 0 Å². The van der Waals surface area contributed by atoms with Crippen molar-refractivity contribution in [1.29, 1.82) is 0 Å². The van der Waals surface area contributed by atoms with Crippen molar-refractivity contribution in [3.63, 3.8) is 0 Å². The first kappa shape index (κ1) is 14.4. The summed E-state index contributed by atoms with van der Waals surface area (Å²) in [4.78, 5) is 2.54. The van der Waals surface area contributed by atoms with Crippen molar-refractivity contribution >= 4 is 0 Å². The van der Waals surface area contributed by atoms with Crippen LogP contribution in [0.2, 0.25) is 0 Å². The van der Waals surface area contributed by atoms with Gasteiger partial charge in [0.15, 0.2) is 0 Å². The van der Waals surface area contributed by atoms with Gasteiger partial charge in [-0.15, -0.1) is 0 Å². The minimum Gasteiger partial charge on any atom is -0.496 e. The minimum absolute atomic E-state index is 0.00586. The van der Waals surface area contributed by atoms with Gasteiger partial charge in [-0.25, -0.2) is 0 Å². The molecule has 0 atom stereocenters. The molecule has 1 aromatic rings. The van der Waals surface area contributed by atoms with Gasteiger partial charge in [0.05, 0.1) is 7.11 Å². The zero-order chi connectivity index (χ0) is 14.0. The van der Waals surface area contributed by atoms with Crippen LogP contribution in [0.4, 0.5) is 0 Å². The van der Waals surface area contributed by atoms with Crippen molar-refractivity contribution in [2.45, 2.75) is 33.2 Å². The van der Waals surface area contributed by atoms with E-state index in [2.05, 4.69) is 50.0 Å².